The van der Waals surface area contributed by atoms with Crippen molar-refractivity contribution in [2.45, 2.75) is 33.1 Å². The van der Waals surface area contributed by atoms with E-state index in [2.05, 4.69) is 29.8 Å². The second-order valence-electron chi connectivity index (χ2n) is 6.93. The van der Waals surface area contributed by atoms with Gasteiger partial charge >= 0.3 is 0 Å². The molecule has 2 heterocycles. The smallest absolute Gasteiger partial charge is 0.124 e. The molecule has 0 spiro atoms. The summed E-state index contributed by atoms with van der Waals surface area (Å²) in [5.41, 5.74) is 2.21. The number of para-hydroxylation sites is 1. The first-order valence-corrected chi connectivity index (χ1v) is 8.05. The molecule has 2 aromatic rings. The Hall–Kier alpha value is -1.91. The van der Waals surface area contributed by atoms with Gasteiger partial charge < -0.3 is 9.84 Å². The van der Waals surface area contributed by atoms with Gasteiger partial charge in [0.1, 0.15) is 12.4 Å². The van der Waals surface area contributed by atoms with Gasteiger partial charge in [0, 0.05) is 43.0 Å². The van der Waals surface area contributed by atoms with Gasteiger partial charge in [0.25, 0.3) is 0 Å². The summed E-state index contributed by atoms with van der Waals surface area (Å²) < 4.78 is 6.00. The Morgan fingerprint density at radius 2 is 1.96 bits per heavy atom. The lowest BCUT2D eigenvalue weighted by molar-refractivity contribution is 0.0954. The lowest BCUT2D eigenvalue weighted by Gasteiger charge is -2.21. The molecule has 1 aliphatic rings. The van der Waals surface area contributed by atoms with Gasteiger partial charge in [-0.2, -0.15) is 0 Å². The number of benzene rings is 1. The van der Waals surface area contributed by atoms with Gasteiger partial charge in [0.2, 0.25) is 0 Å². The summed E-state index contributed by atoms with van der Waals surface area (Å²) in [6.45, 7) is 7.17. The molecule has 1 saturated heterocycles. The highest BCUT2D eigenvalue weighted by atomic mass is 16.5. The molecule has 1 aromatic carbocycles. The summed E-state index contributed by atoms with van der Waals surface area (Å²) in [6.07, 6.45) is 3.28. The van der Waals surface area contributed by atoms with Crippen molar-refractivity contribution in [1.29, 1.82) is 0 Å². The van der Waals surface area contributed by atoms with Crippen LogP contribution in [0.3, 0.4) is 0 Å². The molecule has 1 atom stereocenters. The minimum absolute atomic E-state index is 0.0488. The number of aliphatic hydroxyl groups excluding tert-OH is 1. The zero-order chi connectivity index (χ0) is 16.3. The van der Waals surface area contributed by atoms with Crippen LogP contribution in [0.2, 0.25) is 0 Å². The molecule has 0 amide bonds. The Labute approximate surface area is 137 Å². The zero-order valence-electron chi connectivity index (χ0n) is 13.8. The third-order valence-corrected chi connectivity index (χ3v) is 4.47. The summed E-state index contributed by atoms with van der Waals surface area (Å²) in [4.78, 5) is 6.31. The van der Waals surface area contributed by atoms with E-state index in [1.807, 2.05) is 30.3 Å². The molecule has 0 radical (unpaired) electrons. The van der Waals surface area contributed by atoms with Crippen LogP contribution in [0.25, 0.3) is 0 Å². The van der Waals surface area contributed by atoms with Gasteiger partial charge in [0.15, 0.2) is 0 Å². The molecule has 1 aliphatic heterocycles. The lowest BCUT2D eigenvalue weighted by atomic mass is 9.90. The summed E-state index contributed by atoms with van der Waals surface area (Å²) in [7, 11) is 0. The van der Waals surface area contributed by atoms with Gasteiger partial charge in [-0.3, -0.25) is 9.88 Å². The first-order chi connectivity index (χ1) is 11.0. The van der Waals surface area contributed by atoms with E-state index in [1.165, 1.54) is 0 Å². The van der Waals surface area contributed by atoms with E-state index in [1.54, 1.807) is 12.4 Å². The highest BCUT2D eigenvalue weighted by Gasteiger charge is 2.38. The van der Waals surface area contributed by atoms with Gasteiger partial charge in [-0.25, -0.2) is 0 Å². The van der Waals surface area contributed by atoms with Crippen LogP contribution in [0, 0.1) is 5.41 Å². The molecule has 0 bridgehead atoms. The molecule has 122 valence electrons. The molecule has 1 unspecified atom stereocenters. The molecule has 4 nitrogen and oxygen atoms in total. The van der Waals surface area contributed by atoms with Gasteiger partial charge in [0.05, 0.1) is 6.10 Å². The fraction of sp³-hybridized carbons (Fsp3) is 0.421. The van der Waals surface area contributed by atoms with Crippen molar-refractivity contribution in [3.8, 4) is 5.75 Å². The quantitative estimate of drug-likeness (QED) is 0.922. The number of aliphatic hydroxyl groups is 1. The van der Waals surface area contributed by atoms with Gasteiger partial charge in [-0.15, -0.1) is 0 Å². The van der Waals surface area contributed by atoms with Crippen molar-refractivity contribution in [3.05, 3.63) is 59.9 Å². The molecular weight excluding hydrogens is 288 g/mol. The number of hydrogen-bond acceptors (Lipinski definition) is 4. The van der Waals surface area contributed by atoms with E-state index in [-0.39, 0.29) is 11.5 Å². The number of aromatic nitrogens is 1. The van der Waals surface area contributed by atoms with E-state index in [0.29, 0.717) is 13.2 Å². The second-order valence-corrected chi connectivity index (χ2v) is 6.93. The topological polar surface area (TPSA) is 45.6 Å². The average Bonchev–Trinajstić information content (AvgIpc) is 2.80. The van der Waals surface area contributed by atoms with Crippen LogP contribution >= 0.6 is 0 Å². The lowest BCUT2D eigenvalue weighted by Crippen LogP contribution is -2.26. The Balaban J connectivity index is 1.66. The highest BCUT2D eigenvalue weighted by Crippen LogP contribution is 2.31. The first kappa shape index (κ1) is 16.0. The molecule has 1 N–H and O–H groups in total. The summed E-state index contributed by atoms with van der Waals surface area (Å²) in [5, 5.41) is 10.1. The number of β-amino-alcohol motifs (C(OH)–C–C–N with tert-alkyl or cyclic N) is 1. The number of pyridine rings is 1. The standard InChI is InChI=1S/C19H24N2O2/c1-19(2)14-21(12-18(19)22)11-16-5-3-4-6-17(16)23-13-15-7-9-20-10-8-15/h3-10,18,22H,11-14H2,1-2H3. The number of rotatable bonds is 5. The molecule has 4 heteroatoms. The van der Waals surface area contributed by atoms with E-state index in [9.17, 15) is 5.11 Å². The second kappa shape index (κ2) is 6.69. The molecule has 1 fully saturated rings. The monoisotopic (exact) mass is 312 g/mol. The van der Waals surface area contributed by atoms with E-state index >= 15 is 0 Å². The van der Waals surface area contributed by atoms with Gasteiger partial charge in [-0.05, 0) is 23.8 Å². The van der Waals surface area contributed by atoms with Crippen LogP contribution in [-0.4, -0.2) is 34.2 Å². The van der Waals surface area contributed by atoms with Crippen LogP contribution < -0.4 is 4.74 Å². The highest BCUT2D eigenvalue weighted by molar-refractivity contribution is 5.33. The SMILES string of the molecule is CC1(C)CN(Cc2ccccc2OCc2ccncc2)CC1O. The third-order valence-electron chi connectivity index (χ3n) is 4.47. The number of likely N-dealkylation sites (tertiary alicyclic amines) is 1. The number of hydrogen-bond donors (Lipinski definition) is 1. The maximum atomic E-state index is 10.1. The van der Waals surface area contributed by atoms with Gasteiger partial charge in [-0.1, -0.05) is 32.0 Å². The largest absolute Gasteiger partial charge is 0.489 e. The van der Waals surface area contributed by atoms with Crippen molar-refractivity contribution in [2.24, 2.45) is 5.41 Å². The Kier molecular flexibility index (Phi) is 4.64. The maximum absolute atomic E-state index is 10.1. The minimum atomic E-state index is -0.271. The molecule has 3 rings (SSSR count). The van der Waals surface area contributed by atoms with Crippen molar-refractivity contribution >= 4 is 0 Å². The third kappa shape index (κ3) is 3.89. The fourth-order valence-corrected chi connectivity index (χ4v) is 3.01. The van der Waals surface area contributed by atoms with Crippen molar-refractivity contribution < 1.29 is 9.84 Å². The Morgan fingerprint density at radius 3 is 2.65 bits per heavy atom. The van der Waals surface area contributed by atoms with E-state index < -0.39 is 0 Å². The molecule has 1 aromatic heterocycles. The molecule has 23 heavy (non-hydrogen) atoms. The zero-order valence-corrected chi connectivity index (χ0v) is 13.8. The first-order valence-electron chi connectivity index (χ1n) is 8.05. The van der Waals surface area contributed by atoms with Crippen LogP contribution in [0.15, 0.2) is 48.8 Å². The summed E-state index contributed by atoms with van der Waals surface area (Å²) in [5.74, 6) is 0.906. The van der Waals surface area contributed by atoms with Crippen molar-refractivity contribution in [1.82, 2.24) is 9.88 Å². The molecular formula is C19H24N2O2. The Morgan fingerprint density at radius 1 is 1.22 bits per heavy atom. The Bertz CT molecular complexity index is 643. The predicted octanol–water partition coefficient (Wildman–Crippen LogP) is 2.86. The maximum Gasteiger partial charge on any atom is 0.124 e. The summed E-state index contributed by atoms with van der Waals surface area (Å²) in [6, 6.07) is 12.1. The average molecular weight is 312 g/mol. The predicted molar refractivity (Wildman–Crippen MR) is 90.1 cm³/mol. The van der Waals surface area contributed by atoms with Crippen LogP contribution in [-0.2, 0) is 13.2 Å². The van der Waals surface area contributed by atoms with Crippen molar-refractivity contribution in [3.63, 3.8) is 0 Å². The normalized spacial score (nSPS) is 20.6. The molecule has 0 aliphatic carbocycles. The van der Waals surface area contributed by atoms with Crippen molar-refractivity contribution in [2.75, 3.05) is 13.1 Å². The fourth-order valence-electron chi connectivity index (χ4n) is 3.01. The molecule has 0 saturated carbocycles. The minimum Gasteiger partial charge on any atom is -0.489 e. The van der Waals surface area contributed by atoms with E-state index in [4.69, 9.17) is 4.74 Å². The van der Waals surface area contributed by atoms with E-state index in [0.717, 1.165) is 30.0 Å². The van der Waals surface area contributed by atoms with Crippen LogP contribution in [0.4, 0.5) is 0 Å². The number of nitrogens with zero attached hydrogens (tertiary/aromatic N) is 2. The van der Waals surface area contributed by atoms with Crippen LogP contribution in [0.1, 0.15) is 25.0 Å². The van der Waals surface area contributed by atoms with Crippen LogP contribution in [0.5, 0.6) is 5.75 Å². The number of ether oxygens (including phenoxy) is 1. The summed E-state index contributed by atoms with van der Waals surface area (Å²) >= 11 is 0.